The van der Waals surface area contributed by atoms with Gasteiger partial charge in [-0.15, -0.1) is 11.3 Å². The number of cyclic esters (lactones) is 1. The van der Waals surface area contributed by atoms with E-state index in [1.807, 2.05) is 6.07 Å². The Labute approximate surface area is 185 Å². The van der Waals surface area contributed by atoms with Crippen molar-refractivity contribution in [1.82, 2.24) is 10.2 Å². The molecule has 1 aromatic heterocycles. The number of halogens is 1. The molecular formula is C22H26ClN3O3S. The van der Waals surface area contributed by atoms with Crippen LogP contribution in [0, 0.1) is 0 Å². The molecule has 1 aromatic carbocycles. The molecule has 2 aromatic rings. The van der Waals surface area contributed by atoms with Gasteiger partial charge in [-0.3, -0.25) is 9.69 Å². The number of nitrogens with one attached hydrogen (secondary N) is 1. The molecule has 1 fully saturated rings. The van der Waals surface area contributed by atoms with Gasteiger partial charge in [-0.05, 0) is 48.9 Å². The summed E-state index contributed by atoms with van der Waals surface area (Å²) in [4.78, 5) is 29.3. The van der Waals surface area contributed by atoms with Crippen molar-refractivity contribution in [2.45, 2.75) is 31.8 Å². The second kappa shape index (κ2) is 8.21. The Bertz CT molecular complexity index is 974. The maximum absolute atomic E-state index is 12.5. The monoisotopic (exact) mass is 447 g/mol. The molecule has 0 spiro atoms. The Morgan fingerprint density at radius 3 is 2.87 bits per heavy atom. The first-order valence-electron chi connectivity index (χ1n) is 10.1. The Hall–Kier alpha value is -2.09. The van der Waals surface area contributed by atoms with Crippen LogP contribution in [-0.2, 0) is 16.6 Å². The first-order chi connectivity index (χ1) is 14.2. The Morgan fingerprint density at radius 1 is 1.33 bits per heavy atom. The van der Waals surface area contributed by atoms with Gasteiger partial charge in [0.2, 0.25) is 0 Å². The van der Waals surface area contributed by atoms with Crippen molar-refractivity contribution < 1.29 is 14.3 Å². The van der Waals surface area contributed by atoms with Gasteiger partial charge >= 0.3 is 6.09 Å². The van der Waals surface area contributed by atoms with Crippen LogP contribution >= 0.6 is 22.9 Å². The molecule has 1 saturated heterocycles. The highest BCUT2D eigenvalue weighted by atomic mass is 35.5. The second-order valence-corrected chi connectivity index (χ2v) is 10.4. The summed E-state index contributed by atoms with van der Waals surface area (Å²) in [5.74, 6) is -0.211. The average molecular weight is 448 g/mol. The normalized spacial score (nSPS) is 21.1. The van der Waals surface area contributed by atoms with Crippen LogP contribution in [0.3, 0.4) is 0 Å². The molecule has 0 saturated carbocycles. The van der Waals surface area contributed by atoms with Gasteiger partial charge < -0.3 is 15.0 Å². The maximum atomic E-state index is 12.5. The predicted octanol–water partition coefficient (Wildman–Crippen LogP) is 3.92. The van der Waals surface area contributed by atoms with Crippen LogP contribution in [0.1, 0.15) is 34.6 Å². The quantitative estimate of drug-likeness (QED) is 0.771. The molecule has 0 unspecified atom stereocenters. The smallest absolute Gasteiger partial charge is 0.414 e. The van der Waals surface area contributed by atoms with Crippen LogP contribution < -0.4 is 10.2 Å². The molecule has 2 amide bonds. The van der Waals surface area contributed by atoms with Crippen LogP contribution in [0.4, 0.5) is 10.5 Å². The molecule has 0 aliphatic carbocycles. The number of amides is 2. The van der Waals surface area contributed by atoms with Crippen LogP contribution in [0.15, 0.2) is 30.3 Å². The summed E-state index contributed by atoms with van der Waals surface area (Å²) in [6.45, 7) is 7.15. The fraction of sp³-hybridized carbons (Fsp3) is 0.455. The summed E-state index contributed by atoms with van der Waals surface area (Å²) >= 11 is 7.11. The summed E-state index contributed by atoms with van der Waals surface area (Å²) in [7, 11) is 2.15. The fourth-order valence-corrected chi connectivity index (χ4v) is 5.26. The zero-order valence-electron chi connectivity index (χ0n) is 17.4. The van der Waals surface area contributed by atoms with E-state index < -0.39 is 6.10 Å². The van der Waals surface area contributed by atoms with Gasteiger partial charge in [0.15, 0.2) is 0 Å². The minimum absolute atomic E-state index is 0.00439. The fourth-order valence-electron chi connectivity index (χ4n) is 4.30. The van der Waals surface area contributed by atoms with Gasteiger partial charge in [-0.1, -0.05) is 31.5 Å². The van der Waals surface area contributed by atoms with E-state index in [-0.39, 0.29) is 24.0 Å². The highest BCUT2D eigenvalue weighted by Crippen LogP contribution is 2.34. The average Bonchev–Trinajstić information content (AvgIpc) is 3.26. The summed E-state index contributed by atoms with van der Waals surface area (Å²) in [6, 6.07) is 9.63. The summed E-state index contributed by atoms with van der Waals surface area (Å²) in [5.41, 5.74) is 3.45. The zero-order chi connectivity index (χ0) is 21.5. The molecule has 0 radical (unpaired) electrons. The van der Waals surface area contributed by atoms with Crippen LogP contribution in [-0.4, -0.2) is 56.2 Å². The number of benzene rings is 1. The minimum Gasteiger partial charge on any atom is -0.442 e. The van der Waals surface area contributed by atoms with E-state index in [4.69, 9.17) is 16.3 Å². The number of hydrogen-bond donors (Lipinski definition) is 1. The number of nitrogens with zero attached hydrogens (tertiary/aromatic N) is 2. The SMILES string of the molecule is CN1CCc2ccc(N3C[C@H](CNC(=O)c4ccc(Cl)s4)OC3=O)cc2C(C)(C)C1. The van der Waals surface area contributed by atoms with E-state index >= 15 is 0 Å². The summed E-state index contributed by atoms with van der Waals surface area (Å²) in [6.07, 6.45) is 0.230. The minimum atomic E-state index is -0.394. The number of likely N-dealkylation sites (N-methyl/N-ethyl adjacent to an activating group) is 1. The molecule has 1 N–H and O–H groups in total. The van der Waals surface area contributed by atoms with Gasteiger partial charge in [0.05, 0.1) is 22.3 Å². The zero-order valence-corrected chi connectivity index (χ0v) is 19.0. The molecule has 0 bridgehead atoms. The number of thiophene rings is 1. The standard InChI is InChI=1S/C22H26ClN3O3S/c1-22(2)13-25(3)9-8-14-4-5-15(10-17(14)22)26-12-16(29-21(26)28)11-24-20(27)18-6-7-19(23)30-18/h4-7,10,16H,8-9,11-13H2,1-3H3,(H,24,27)/t16-/m0/s1. The number of anilines is 1. The lowest BCUT2D eigenvalue weighted by Crippen LogP contribution is -2.34. The third-order valence-corrected chi connectivity index (χ3v) is 6.95. The van der Waals surface area contributed by atoms with Gasteiger partial charge in [-0.25, -0.2) is 4.79 Å². The molecule has 1 atom stereocenters. The van der Waals surface area contributed by atoms with Crippen molar-refractivity contribution in [3.63, 3.8) is 0 Å². The van der Waals surface area contributed by atoms with Crippen molar-refractivity contribution in [3.05, 3.63) is 50.7 Å². The summed E-state index contributed by atoms with van der Waals surface area (Å²) in [5, 5.41) is 2.83. The van der Waals surface area contributed by atoms with Gasteiger partial charge in [-0.2, -0.15) is 0 Å². The largest absolute Gasteiger partial charge is 0.442 e. The lowest BCUT2D eigenvalue weighted by Gasteiger charge is -2.29. The maximum Gasteiger partial charge on any atom is 0.414 e. The number of carbonyl (C=O) groups excluding carboxylic acids is 2. The van der Waals surface area contributed by atoms with E-state index in [0.717, 1.165) is 25.2 Å². The molecule has 3 heterocycles. The number of fused-ring (bicyclic) bond motifs is 1. The highest BCUT2D eigenvalue weighted by molar-refractivity contribution is 7.17. The molecule has 2 aliphatic rings. The van der Waals surface area contributed by atoms with E-state index in [0.29, 0.717) is 15.8 Å². The Balaban J connectivity index is 1.45. The second-order valence-electron chi connectivity index (χ2n) is 8.64. The third-order valence-electron chi connectivity index (χ3n) is 5.72. The lowest BCUT2D eigenvalue weighted by molar-refractivity contribution is 0.0920. The Morgan fingerprint density at radius 2 is 2.13 bits per heavy atom. The molecule has 2 aliphatic heterocycles. The molecule has 30 heavy (non-hydrogen) atoms. The molecular weight excluding hydrogens is 422 g/mol. The van der Waals surface area contributed by atoms with Crippen molar-refractivity contribution in [3.8, 4) is 0 Å². The molecule has 6 nitrogen and oxygen atoms in total. The summed E-state index contributed by atoms with van der Waals surface area (Å²) < 4.78 is 6.06. The third kappa shape index (κ3) is 4.33. The van der Waals surface area contributed by atoms with Gasteiger partial charge in [0.25, 0.3) is 5.91 Å². The van der Waals surface area contributed by atoms with Crippen LogP contribution in [0.5, 0.6) is 0 Å². The van der Waals surface area contributed by atoms with Crippen LogP contribution in [0.2, 0.25) is 4.34 Å². The van der Waals surface area contributed by atoms with Gasteiger partial charge in [0.1, 0.15) is 6.10 Å². The van der Waals surface area contributed by atoms with Crippen LogP contribution in [0.25, 0.3) is 0 Å². The topological polar surface area (TPSA) is 61.9 Å². The van der Waals surface area contributed by atoms with E-state index in [2.05, 4.69) is 43.2 Å². The number of carbonyl (C=O) groups is 2. The molecule has 160 valence electrons. The van der Waals surface area contributed by atoms with E-state index in [1.165, 1.54) is 22.5 Å². The number of rotatable bonds is 4. The van der Waals surface area contributed by atoms with E-state index in [9.17, 15) is 9.59 Å². The highest BCUT2D eigenvalue weighted by Gasteiger charge is 2.34. The van der Waals surface area contributed by atoms with Crippen molar-refractivity contribution >= 4 is 40.6 Å². The number of ether oxygens (including phenoxy) is 1. The molecule has 8 heteroatoms. The first-order valence-corrected chi connectivity index (χ1v) is 11.3. The molecule has 4 rings (SSSR count). The Kier molecular flexibility index (Phi) is 5.79. The lowest BCUT2D eigenvalue weighted by atomic mass is 9.81. The van der Waals surface area contributed by atoms with Crippen molar-refractivity contribution in [2.24, 2.45) is 0 Å². The van der Waals surface area contributed by atoms with Crippen molar-refractivity contribution in [2.75, 3.05) is 38.1 Å². The van der Waals surface area contributed by atoms with Crippen molar-refractivity contribution in [1.29, 1.82) is 0 Å². The van der Waals surface area contributed by atoms with Gasteiger partial charge in [0, 0.05) is 24.2 Å². The predicted molar refractivity (Wildman–Crippen MR) is 120 cm³/mol. The first kappa shape index (κ1) is 21.2. The van der Waals surface area contributed by atoms with E-state index in [1.54, 1.807) is 17.0 Å². The number of hydrogen-bond acceptors (Lipinski definition) is 5.